The van der Waals surface area contributed by atoms with Gasteiger partial charge in [-0.15, -0.1) is 0 Å². The van der Waals surface area contributed by atoms with Crippen LogP contribution in [0.3, 0.4) is 0 Å². The van der Waals surface area contributed by atoms with Crippen LogP contribution in [-0.4, -0.2) is 12.3 Å². The lowest BCUT2D eigenvalue weighted by Gasteiger charge is -2.16. The average Bonchev–Trinajstić information content (AvgIpc) is 2.45. The van der Waals surface area contributed by atoms with E-state index >= 15 is 0 Å². The zero-order valence-electron chi connectivity index (χ0n) is 14.3. The van der Waals surface area contributed by atoms with E-state index < -0.39 is 6.16 Å². The highest BCUT2D eigenvalue weighted by atomic mass is 19.1. The first-order valence-corrected chi connectivity index (χ1v) is 7.97. The highest BCUT2D eigenvalue weighted by molar-refractivity contribution is 5.91. The number of carbonyl (C=O) groups is 1. The van der Waals surface area contributed by atoms with Gasteiger partial charge in [0.05, 0.1) is 6.10 Å². The Labute approximate surface area is 136 Å². The number of hydrogen-bond acceptors (Lipinski definition) is 3. The van der Waals surface area contributed by atoms with Gasteiger partial charge >= 0.3 is 6.16 Å². The summed E-state index contributed by atoms with van der Waals surface area (Å²) < 4.78 is 24.4. The lowest BCUT2D eigenvalue weighted by atomic mass is 9.91. The summed E-state index contributed by atoms with van der Waals surface area (Å²) in [4.78, 5) is 11.7. The summed E-state index contributed by atoms with van der Waals surface area (Å²) in [6.45, 7) is 9.53. The molecule has 0 spiro atoms. The topological polar surface area (TPSA) is 35.5 Å². The van der Waals surface area contributed by atoms with Crippen LogP contribution in [0.15, 0.2) is 24.3 Å². The summed E-state index contributed by atoms with van der Waals surface area (Å²) in [5.74, 6) is 0.393. The molecule has 0 radical (unpaired) electrons. The van der Waals surface area contributed by atoms with Crippen molar-refractivity contribution in [3.05, 3.63) is 41.2 Å². The van der Waals surface area contributed by atoms with Crippen LogP contribution < -0.4 is 4.74 Å². The maximum Gasteiger partial charge on any atom is 0.514 e. The number of halogens is 1. The third-order valence-electron chi connectivity index (χ3n) is 3.68. The molecule has 23 heavy (non-hydrogen) atoms. The van der Waals surface area contributed by atoms with E-state index in [1.165, 1.54) is 6.07 Å². The Bertz CT molecular complexity index is 720. The molecule has 0 atom stereocenters. The van der Waals surface area contributed by atoms with Gasteiger partial charge in [-0.3, -0.25) is 0 Å². The van der Waals surface area contributed by atoms with Crippen molar-refractivity contribution in [1.29, 1.82) is 0 Å². The fourth-order valence-electron chi connectivity index (χ4n) is 2.69. The zero-order valence-corrected chi connectivity index (χ0v) is 14.3. The van der Waals surface area contributed by atoms with E-state index in [0.717, 1.165) is 16.3 Å². The van der Waals surface area contributed by atoms with E-state index in [9.17, 15) is 9.18 Å². The smallest absolute Gasteiger partial charge is 0.431 e. The second-order valence-corrected chi connectivity index (χ2v) is 6.16. The number of fused-ring (bicyclic) bond motifs is 1. The quantitative estimate of drug-likeness (QED) is 0.544. The molecule has 124 valence electrons. The van der Waals surface area contributed by atoms with Crippen LogP contribution in [-0.2, 0) is 11.2 Å². The summed E-state index contributed by atoms with van der Waals surface area (Å²) >= 11 is 0. The molecule has 0 saturated carbocycles. The van der Waals surface area contributed by atoms with Crippen molar-refractivity contribution in [2.24, 2.45) is 0 Å². The van der Waals surface area contributed by atoms with Crippen LogP contribution in [0, 0.1) is 5.82 Å². The Morgan fingerprint density at radius 1 is 1.17 bits per heavy atom. The van der Waals surface area contributed by atoms with Crippen molar-refractivity contribution in [3.63, 3.8) is 0 Å². The van der Waals surface area contributed by atoms with Crippen molar-refractivity contribution in [2.75, 3.05) is 0 Å². The fraction of sp³-hybridized carbons (Fsp3) is 0.421. The Kier molecular flexibility index (Phi) is 5.24. The molecule has 4 heteroatoms. The van der Waals surface area contributed by atoms with E-state index in [4.69, 9.17) is 9.47 Å². The highest BCUT2D eigenvalue weighted by Crippen LogP contribution is 2.34. The van der Waals surface area contributed by atoms with Crippen LogP contribution in [0.25, 0.3) is 10.8 Å². The maximum atomic E-state index is 14.1. The number of carbonyl (C=O) groups excluding carboxylic acids is 1. The van der Waals surface area contributed by atoms with Gasteiger partial charge in [-0.1, -0.05) is 26.8 Å². The summed E-state index contributed by atoms with van der Waals surface area (Å²) in [5, 5.41) is 1.77. The summed E-state index contributed by atoms with van der Waals surface area (Å²) in [5.41, 5.74) is 1.66. The van der Waals surface area contributed by atoms with Crippen molar-refractivity contribution >= 4 is 16.9 Å². The van der Waals surface area contributed by atoms with Gasteiger partial charge in [0, 0.05) is 0 Å². The second kappa shape index (κ2) is 6.99. The van der Waals surface area contributed by atoms with Gasteiger partial charge in [0.2, 0.25) is 0 Å². The predicted molar refractivity (Wildman–Crippen MR) is 89.6 cm³/mol. The summed E-state index contributed by atoms with van der Waals surface area (Å²) in [7, 11) is 0. The molecule has 2 rings (SSSR count). The van der Waals surface area contributed by atoms with E-state index in [0.29, 0.717) is 17.7 Å². The minimum Gasteiger partial charge on any atom is -0.431 e. The lowest BCUT2D eigenvalue weighted by molar-refractivity contribution is 0.0729. The molecule has 0 unspecified atom stereocenters. The van der Waals surface area contributed by atoms with E-state index in [1.807, 2.05) is 20.8 Å². The first-order chi connectivity index (χ1) is 10.8. The van der Waals surface area contributed by atoms with Gasteiger partial charge in [0.25, 0.3) is 0 Å². The number of benzene rings is 2. The molecule has 0 saturated heterocycles. The minimum atomic E-state index is -0.730. The lowest BCUT2D eigenvalue weighted by Crippen LogP contribution is -2.15. The molecule has 2 aromatic rings. The molecule has 2 aromatic carbocycles. The van der Waals surface area contributed by atoms with E-state index in [-0.39, 0.29) is 17.8 Å². The van der Waals surface area contributed by atoms with Crippen molar-refractivity contribution < 1.29 is 18.7 Å². The zero-order chi connectivity index (χ0) is 17.1. The van der Waals surface area contributed by atoms with Crippen LogP contribution in [0.5, 0.6) is 5.75 Å². The van der Waals surface area contributed by atoms with Crippen molar-refractivity contribution in [3.8, 4) is 5.75 Å². The maximum absolute atomic E-state index is 14.1. The predicted octanol–water partition coefficient (Wildman–Crippen LogP) is 5.59. The van der Waals surface area contributed by atoms with Gasteiger partial charge in [0.1, 0.15) is 11.6 Å². The van der Waals surface area contributed by atoms with Gasteiger partial charge < -0.3 is 9.47 Å². The SMILES string of the molecule is CCc1c(F)ccc2cc(OC(=O)OC(C)C)cc(C(C)C)c12. The molecule has 0 fully saturated rings. The first-order valence-electron chi connectivity index (χ1n) is 7.97. The van der Waals surface area contributed by atoms with E-state index in [2.05, 4.69) is 0 Å². The molecule has 0 heterocycles. The third-order valence-corrected chi connectivity index (χ3v) is 3.68. The van der Waals surface area contributed by atoms with Gasteiger partial charge in [-0.25, -0.2) is 9.18 Å². The third kappa shape index (κ3) is 3.81. The average molecular weight is 318 g/mol. The molecule has 0 aromatic heterocycles. The van der Waals surface area contributed by atoms with Gasteiger partial charge in [0.15, 0.2) is 0 Å². The van der Waals surface area contributed by atoms with Crippen LogP contribution >= 0.6 is 0 Å². The van der Waals surface area contributed by atoms with Crippen LogP contribution in [0.1, 0.15) is 51.7 Å². The normalized spacial score (nSPS) is 11.3. The van der Waals surface area contributed by atoms with Crippen molar-refractivity contribution in [1.82, 2.24) is 0 Å². The number of aryl methyl sites for hydroxylation is 1. The molecule has 0 amide bonds. The first kappa shape index (κ1) is 17.3. The van der Waals surface area contributed by atoms with Crippen LogP contribution in [0.4, 0.5) is 9.18 Å². The molecule has 3 nitrogen and oxygen atoms in total. The summed E-state index contributed by atoms with van der Waals surface area (Å²) in [6.07, 6.45) is -0.362. The molecular weight excluding hydrogens is 295 g/mol. The Hall–Kier alpha value is -2.10. The second-order valence-electron chi connectivity index (χ2n) is 6.16. The molecule has 0 N–H and O–H groups in total. The standard InChI is InChI=1S/C19H23FO3/c1-6-15-17(20)8-7-13-9-14(23-19(21)22-12(4)5)10-16(11(2)3)18(13)15/h7-12H,6H2,1-5H3. The monoisotopic (exact) mass is 318 g/mol. The van der Waals surface area contributed by atoms with Crippen LogP contribution in [0.2, 0.25) is 0 Å². The molecule has 0 aliphatic heterocycles. The number of ether oxygens (including phenoxy) is 2. The van der Waals surface area contributed by atoms with Gasteiger partial charge in [-0.05, 0) is 66.3 Å². The molecule has 0 bridgehead atoms. The number of rotatable bonds is 4. The Morgan fingerprint density at radius 2 is 1.87 bits per heavy atom. The Morgan fingerprint density at radius 3 is 2.43 bits per heavy atom. The Balaban J connectivity index is 2.55. The fourth-order valence-corrected chi connectivity index (χ4v) is 2.69. The molecule has 0 aliphatic rings. The largest absolute Gasteiger partial charge is 0.514 e. The number of hydrogen-bond donors (Lipinski definition) is 0. The van der Waals surface area contributed by atoms with Gasteiger partial charge in [-0.2, -0.15) is 0 Å². The minimum absolute atomic E-state index is 0.175. The highest BCUT2D eigenvalue weighted by Gasteiger charge is 2.16. The van der Waals surface area contributed by atoms with E-state index in [1.54, 1.807) is 32.0 Å². The molecule has 0 aliphatic carbocycles. The molecular formula is C19H23FO3. The van der Waals surface area contributed by atoms with Crippen molar-refractivity contribution in [2.45, 2.75) is 53.1 Å². The summed E-state index contributed by atoms with van der Waals surface area (Å²) in [6, 6.07) is 6.73.